The number of anilines is 1. The molecule has 1 aliphatic heterocycles. The number of para-hydroxylation sites is 2. The van der Waals surface area contributed by atoms with Crippen LogP contribution in [0, 0.1) is 0 Å². The summed E-state index contributed by atoms with van der Waals surface area (Å²) in [6.07, 6.45) is 0.369. The van der Waals surface area contributed by atoms with Crippen LogP contribution in [0.25, 0.3) is 11.0 Å². The van der Waals surface area contributed by atoms with Crippen molar-refractivity contribution in [3.8, 4) is 0 Å². The average molecular weight is 355 g/mol. The summed E-state index contributed by atoms with van der Waals surface area (Å²) < 4.78 is 29.2. The molecule has 5 nitrogen and oxygen atoms in total. The van der Waals surface area contributed by atoms with E-state index in [2.05, 4.69) is 9.97 Å². The van der Waals surface area contributed by atoms with Crippen LogP contribution in [0.1, 0.15) is 29.8 Å². The van der Waals surface area contributed by atoms with E-state index in [1.54, 1.807) is 24.3 Å². The maximum Gasteiger partial charge on any atom is 0.352 e. The summed E-state index contributed by atoms with van der Waals surface area (Å²) in [6.45, 7) is 1.27. The molecule has 132 valence electrons. The van der Waals surface area contributed by atoms with Gasteiger partial charge in [-0.1, -0.05) is 24.3 Å². The number of rotatable bonds is 3. The second kappa shape index (κ2) is 5.81. The van der Waals surface area contributed by atoms with Crippen molar-refractivity contribution in [3.05, 3.63) is 65.5 Å². The fraction of sp³-hybridized carbons (Fsp3) is 0.211. The van der Waals surface area contributed by atoms with Gasteiger partial charge in [0, 0.05) is 0 Å². The maximum absolute atomic E-state index is 14.6. The number of hydrogen-bond donors (Lipinski definition) is 1. The molecule has 0 radical (unpaired) electrons. The Hall–Kier alpha value is -2.93. The standard InChI is InChI=1S/C19H15F2N3O2/c1-11(25)13-5-4-8-16-17(13)19(20,21)18(26)24(16)10-12-9-22-14-6-2-3-7-15(14)23-12/h2-9,11,25H,10H2,1H3/t11-/m0/s1. The fourth-order valence-electron chi connectivity index (χ4n) is 3.25. The molecule has 1 N–H and O–H groups in total. The SMILES string of the molecule is C[C@H](O)c1cccc2c1C(F)(F)C(=O)N2Cc1cnc2ccccc2n1. The zero-order valence-corrected chi connectivity index (χ0v) is 13.9. The van der Waals surface area contributed by atoms with Gasteiger partial charge < -0.3 is 10.0 Å². The predicted molar refractivity (Wildman–Crippen MR) is 91.7 cm³/mol. The number of halogens is 2. The molecular formula is C19H15F2N3O2. The van der Waals surface area contributed by atoms with Crippen molar-refractivity contribution in [2.45, 2.75) is 25.5 Å². The first-order chi connectivity index (χ1) is 12.4. The summed E-state index contributed by atoms with van der Waals surface area (Å²) in [6, 6.07) is 11.6. The Labute approximate surface area is 147 Å². The lowest BCUT2D eigenvalue weighted by molar-refractivity contribution is -0.141. The number of nitrogens with zero attached hydrogens (tertiary/aromatic N) is 3. The first kappa shape index (κ1) is 16.5. The predicted octanol–water partition coefficient (Wildman–Crippen LogP) is 3.32. The lowest BCUT2D eigenvalue weighted by Gasteiger charge is -2.17. The quantitative estimate of drug-likeness (QED) is 0.783. The van der Waals surface area contributed by atoms with Crippen LogP contribution in [0.2, 0.25) is 0 Å². The van der Waals surface area contributed by atoms with Gasteiger partial charge in [-0.3, -0.25) is 9.78 Å². The normalized spacial score (nSPS) is 16.8. The minimum atomic E-state index is -3.69. The summed E-state index contributed by atoms with van der Waals surface area (Å²) in [4.78, 5) is 22.0. The highest BCUT2D eigenvalue weighted by Crippen LogP contribution is 2.47. The maximum atomic E-state index is 14.6. The van der Waals surface area contributed by atoms with Gasteiger partial charge in [0.15, 0.2) is 0 Å². The number of carbonyl (C=O) groups excluding carboxylic acids is 1. The lowest BCUT2D eigenvalue weighted by Crippen LogP contribution is -2.34. The zero-order chi connectivity index (χ0) is 18.5. The monoisotopic (exact) mass is 355 g/mol. The minimum Gasteiger partial charge on any atom is -0.389 e. The van der Waals surface area contributed by atoms with Crippen LogP contribution in [-0.2, 0) is 17.3 Å². The number of benzene rings is 2. The first-order valence-corrected chi connectivity index (χ1v) is 8.11. The molecule has 0 unspecified atom stereocenters. The molecule has 0 spiro atoms. The van der Waals surface area contributed by atoms with Crippen LogP contribution in [0.15, 0.2) is 48.7 Å². The average Bonchev–Trinajstić information content (AvgIpc) is 2.82. The van der Waals surface area contributed by atoms with Crippen LogP contribution in [0.3, 0.4) is 0 Å². The van der Waals surface area contributed by atoms with Gasteiger partial charge in [-0.05, 0) is 30.7 Å². The number of alkyl halides is 2. The van der Waals surface area contributed by atoms with Crippen molar-refractivity contribution in [1.82, 2.24) is 9.97 Å². The molecule has 0 saturated heterocycles. The van der Waals surface area contributed by atoms with Gasteiger partial charge >= 0.3 is 11.8 Å². The molecule has 0 bridgehead atoms. The molecule has 26 heavy (non-hydrogen) atoms. The van der Waals surface area contributed by atoms with Gasteiger partial charge in [0.25, 0.3) is 0 Å². The Morgan fingerprint density at radius 3 is 2.62 bits per heavy atom. The van der Waals surface area contributed by atoms with Gasteiger partial charge in [-0.25, -0.2) is 4.98 Å². The van der Waals surface area contributed by atoms with E-state index in [4.69, 9.17) is 0 Å². The Morgan fingerprint density at radius 2 is 1.88 bits per heavy atom. The molecule has 1 amide bonds. The highest BCUT2D eigenvalue weighted by atomic mass is 19.3. The number of amides is 1. The summed E-state index contributed by atoms with van der Waals surface area (Å²) in [5.74, 6) is -5.01. The van der Waals surface area contributed by atoms with Crippen molar-refractivity contribution in [1.29, 1.82) is 0 Å². The van der Waals surface area contributed by atoms with Crippen LogP contribution >= 0.6 is 0 Å². The number of carbonyl (C=O) groups is 1. The number of aliphatic hydroxyl groups excluding tert-OH is 1. The molecule has 1 aliphatic rings. The van der Waals surface area contributed by atoms with E-state index in [-0.39, 0.29) is 17.8 Å². The van der Waals surface area contributed by atoms with Gasteiger partial charge in [-0.2, -0.15) is 8.78 Å². The lowest BCUT2D eigenvalue weighted by atomic mass is 9.99. The molecule has 0 fully saturated rings. The van der Waals surface area contributed by atoms with E-state index in [0.29, 0.717) is 16.7 Å². The topological polar surface area (TPSA) is 66.3 Å². The zero-order valence-electron chi connectivity index (χ0n) is 13.9. The minimum absolute atomic E-state index is 0.0490. The second-order valence-electron chi connectivity index (χ2n) is 6.23. The highest BCUT2D eigenvalue weighted by Gasteiger charge is 2.54. The van der Waals surface area contributed by atoms with E-state index in [1.165, 1.54) is 25.3 Å². The van der Waals surface area contributed by atoms with Gasteiger partial charge in [-0.15, -0.1) is 0 Å². The molecule has 0 saturated carbocycles. The largest absolute Gasteiger partial charge is 0.389 e. The Kier molecular flexibility index (Phi) is 3.69. The molecule has 2 heterocycles. The molecule has 4 rings (SSSR count). The first-order valence-electron chi connectivity index (χ1n) is 8.11. The summed E-state index contributed by atoms with van der Waals surface area (Å²) in [5, 5.41) is 9.82. The smallest absolute Gasteiger partial charge is 0.352 e. The van der Waals surface area contributed by atoms with E-state index >= 15 is 0 Å². The van der Waals surface area contributed by atoms with E-state index in [0.717, 1.165) is 4.90 Å². The van der Waals surface area contributed by atoms with Crippen molar-refractivity contribution >= 4 is 22.6 Å². The molecule has 1 atom stereocenters. The van der Waals surface area contributed by atoms with Crippen molar-refractivity contribution in [2.75, 3.05) is 4.90 Å². The molecule has 7 heteroatoms. The summed E-state index contributed by atoms with van der Waals surface area (Å²) in [7, 11) is 0. The highest BCUT2D eigenvalue weighted by molar-refractivity contribution is 6.06. The van der Waals surface area contributed by atoms with Crippen molar-refractivity contribution < 1.29 is 18.7 Å². The Morgan fingerprint density at radius 1 is 1.15 bits per heavy atom. The molecule has 2 aromatic carbocycles. The van der Waals surface area contributed by atoms with Crippen LogP contribution in [0.4, 0.5) is 14.5 Å². The third-order valence-electron chi connectivity index (χ3n) is 4.46. The second-order valence-corrected chi connectivity index (χ2v) is 6.23. The number of hydrogen-bond acceptors (Lipinski definition) is 4. The third kappa shape index (κ3) is 2.43. The van der Waals surface area contributed by atoms with Crippen molar-refractivity contribution in [3.63, 3.8) is 0 Å². The molecule has 3 aromatic rings. The third-order valence-corrected chi connectivity index (χ3v) is 4.46. The van der Waals surface area contributed by atoms with E-state index in [1.807, 2.05) is 6.07 Å². The number of fused-ring (bicyclic) bond motifs is 2. The van der Waals surface area contributed by atoms with Crippen LogP contribution in [0.5, 0.6) is 0 Å². The van der Waals surface area contributed by atoms with Crippen LogP contribution in [-0.4, -0.2) is 21.0 Å². The van der Waals surface area contributed by atoms with Gasteiger partial charge in [0.2, 0.25) is 0 Å². The summed E-state index contributed by atoms with van der Waals surface area (Å²) in [5.41, 5.74) is 1.42. The Balaban J connectivity index is 1.78. The molecule has 0 aliphatic carbocycles. The Bertz CT molecular complexity index is 1020. The van der Waals surface area contributed by atoms with Crippen LogP contribution < -0.4 is 4.90 Å². The fourth-order valence-corrected chi connectivity index (χ4v) is 3.25. The molecular weight excluding hydrogens is 340 g/mol. The summed E-state index contributed by atoms with van der Waals surface area (Å²) >= 11 is 0. The van der Waals surface area contributed by atoms with Gasteiger partial charge in [0.05, 0.1) is 46.8 Å². The number of aliphatic hydroxyl groups is 1. The van der Waals surface area contributed by atoms with Gasteiger partial charge in [0.1, 0.15) is 0 Å². The number of aromatic nitrogens is 2. The van der Waals surface area contributed by atoms with E-state index in [9.17, 15) is 18.7 Å². The van der Waals surface area contributed by atoms with E-state index < -0.39 is 23.5 Å². The van der Waals surface area contributed by atoms with Crippen molar-refractivity contribution in [2.24, 2.45) is 0 Å². The molecule has 1 aromatic heterocycles.